The van der Waals surface area contributed by atoms with Crippen LogP contribution in [0.15, 0.2) is 11.6 Å². The summed E-state index contributed by atoms with van der Waals surface area (Å²) in [6.45, 7) is 9.39. The third-order valence-corrected chi connectivity index (χ3v) is 6.41. The fraction of sp³-hybridized carbons (Fsp3) is 0.867. The van der Waals surface area contributed by atoms with Gasteiger partial charge in [0.25, 0.3) is 0 Å². The van der Waals surface area contributed by atoms with E-state index in [9.17, 15) is 5.11 Å². The molecule has 16 heavy (non-hydrogen) atoms. The minimum atomic E-state index is -0.0944. The van der Waals surface area contributed by atoms with Crippen molar-refractivity contribution in [1.82, 2.24) is 0 Å². The molecule has 3 rings (SSSR count). The van der Waals surface area contributed by atoms with Crippen LogP contribution in [0.25, 0.3) is 0 Å². The Morgan fingerprint density at radius 1 is 1.25 bits per heavy atom. The Hall–Kier alpha value is -0.300. The first-order chi connectivity index (χ1) is 7.38. The summed E-state index contributed by atoms with van der Waals surface area (Å²) in [5.74, 6) is 0.656. The lowest BCUT2D eigenvalue weighted by atomic mass is 9.56. The zero-order valence-corrected chi connectivity index (χ0v) is 11.0. The highest BCUT2D eigenvalue weighted by atomic mass is 16.3. The molecule has 0 aromatic rings. The average molecular weight is 220 g/mol. The monoisotopic (exact) mass is 220 g/mol. The SMILES string of the molecule is CC1=CC(C)(C)C23CCC(C)C12C(O)CC3. The number of hydrogen-bond acceptors (Lipinski definition) is 1. The van der Waals surface area contributed by atoms with Gasteiger partial charge in [-0.3, -0.25) is 0 Å². The molecule has 0 heterocycles. The van der Waals surface area contributed by atoms with E-state index in [0.29, 0.717) is 11.3 Å². The molecule has 0 aromatic heterocycles. The van der Waals surface area contributed by atoms with E-state index in [1.54, 1.807) is 0 Å². The molecule has 1 nitrogen and oxygen atoms in total. The lowest BCUT2D eigenvalue weighted by Gasteiger charge is -2.47. The van der Waals surface area contributed by atoms with Crippen LogP contribution in [0.2, 0.25) is 0 Å². The average Bonchev–Trinajstić information content (AvgIpc) is 2.70. The van der Waals surface area contributed by atoms with E-state index in [2.05, 4.69) is 33.8 Å². The molecule has 2 saturated carbocycles. The molecule has 90 valence electrons. The number of hydrogen-bond donors (Lipinski definition) is 1. The van der Waals surface area contributed by atoms with Crippen LogP contribution in [-0.4, -0.2) is 11.2 Å². The van der Waals surface area contributed by atoms with Gasteiger partial charge in [0.15, 0.2) is 0 Å². The summed E-state index contributed by atoms with van der Waals surface area (Å²) in [4.78, 5) is 0. The normalized spacial score (nSPS) is 53.7. The van der Waals surface area contributed by atoms with Gasteiger partial charge in [0.1, 0.15) is 0 Å². The van der Waals surface area contributed by atoms with Crippen LogP contribution in [0.1, 0.15) is 53.4 Å². The molecule has 1 heteroatoms. The van der Waals surface area contributed by atoms with Crippen LogP contribution in [0, 0.1) is 22.2 Å². The van der Waals surface area contributed by atoms with Crippen LogP contribution in [0.5, 0.6) is 0 Å². The second-order valence-corrected chi connectivity index (χ2v) is 6.99. The molecule has 0 aliphatic heterocycles. The Kier molecular flexibility index (Phi) is 1.86. The molecular formula is C15H24O. The lowest BCUT2D eigenvalue weighted by molar-refractivity contribution is -0.0264. The minimum Gasteiger partial charge on any atom is -0.392 e. The van der Waals surface area contributed by atoms with E-state index in [1.165, 1.54) is 24.8 Å². The van der Waals surface area contributed by atoms with Crippen LogP contribution in [-0.2, 0) is 0 Å². The molecule has 4 unspecified atom stereocenters. The molecular weight excluding hydrogens is 196 g/mol. The van der Waals surface area contributed by atoms with Gasteiger partial charge in [-0.15, -0.1) is 0 Å². The summed E-state index contributed by atoms with van der Waals surface area (Å²) < 4.78 is 0. The first kappa shape index (κ1) is 10.8. The molecule has 0 spiro atoms. The molecule has 0 aromatic carbocycles. The van der Waals surface area contributed by atoms with Gasteiger partial charge in [-0.2, -0.15) is 0 Å². The summed E-state index contributed by atoms with van der Waals surface area (Å²) in [6, 6.07) is 0. The van der Waals surface area contributed by atoms with E-state index >= 15 is 0 Å². The van der Waals surface area contributed by atoms with E-state index in [1.807, 2.05) is 0 Å². The fourth-order valence-corrected chi connectivity index (χ4v) is 5.96. The van der Waals surface area contributed by atoms with Gasteiger partial charge in [-0.05, 0) is 49.4 Å². The van der Waals surface area contributed by atoms with Crippen LogP contribution in [0.3, 0.4) is 0 Å². The second kappa shape index (κ2) is 2.75. The molecule has 0 saturated heterocycles. The second-order valence-electron chi connectivity index (χ2n) is 6.99. The molecule has 2 fully saturated rings. The van der Waals surface area contributed by atoms with E-state index in [4.69, 9.17) is 0 Å². The molecule has 3 aliphatic rings. The van der Waals surface area contributed by atoms with Crippen molar-refractivity contribution in [2.24, 2.45) is 22.2 Å². The number of aliphatic hydroxyl groups excluding tert-OH is 1. The minimum absolute atomic E-state index is 0.0944. The quantitative estimate of drug-likeness (QED) is 0.619. The predicted molar refractivity (Wildman–Crippen MR) is 66.0 cm³/mol. The Bertz CT molecular complexity index is 350. The zero-order valence-electron chi connectivity index (χ0n) is 11.0. The first-order valence-corrected chi connectivity index (χ1v) is 6.76. The highest BCUT2D eigenvalue weighted by Gasteiger charge is 2.72. The Morgan fingerprint density at radius 2 is 1.88 bits per heavy atom. The Morgan fingerprint density at radius 3 is 2.50 bits per heavy atom. The van der Waals surface area contributed by atoms with Crippen molar-refractivity contribution in [3.63, 3.8) is 0 Å². The van der Waals surface area contributed by atoms with Crippen molar-refractivity contribution in [3.8, 4) is 0 Å². The summed E-state index contributed by atoms with van der Waals surface area (Å²) in [7, 11) is 0. The van der Waals surface area contributed by atoms with Gasteiger partial charge < -0.3 is 5.11 Å². The summed E-state index contributed by atoms with van der Waals surface area (Å²) in [5.41, 5.74) is 2.24. The maximum absolute atomic E-state index is 10.6. The Labute approximate surface area is 98.9 Å². The predicted octanol–water partition coefficient (Wildman–Crippen LogP) is 3.53. The number of rotatable bonds is 0. The van der Waals surface area contributed by atoms with Gasteiger partial charge in [0.05, 0.1) is 6.10 Å². The highest BCUT2D eigenvalue weighted by molar-refractivity contribution is 5.39. The standard InChI is InChI=1S/C15H24O/c1-10-5-7-14-8-6-12(16)15(10,14)11(2)9-13(14,3)4/h9-10,12,16H,5-8H2,1-4H3. The molecule has 0 bridgehead atoms. The van der Waals surface area contributed by atoms with E-state index in [-0.39, 0.29) is 16.9 Å². The van der Waals surface area contributed by atoms with Crippen molar-refractivity contribution >= 4 is 0 Å². The summed E-state index contributed by atoms with van der Waals surface area (Å²) >= 11 is 0. The zero-order chi connectivity index (χ0) is 11.8. The van der Waals surface area contributed by atoms with Crippen molar-refractivity contribution in [2.75, 3.05) is 0 Å². The fourth-order valence-electron chi connectivity index (χ4n) is 5.96. The summed E-state index contributed by atoms with van der Waals surface area (Å²) in [6.07, 6.45) is 7.21. The van der Waals surface area contributed by atoms with Crippen LogP contribution in [0.4, 0.5) is 0 Å². The first-order valence-electron chi connectivity index (χ1n) is 6.76. The smallest absolute Gasteiger partial charge is 0.0641 e. The van der Waals surface area contributed by atoms with Gasteiger partial charge in [0.2, 0.25) is 0 Å². The largest absolute Gasteiger partial charge is 0.392 e. The van der Waals surface area contributed by atoms with Gasteiger partial charge in [-0.1, -0.05) is 32.4 Å². The van der Waals surface area contributed by atoms with Gasteiger partial charge >= 0.3 is 0 Å². The number of aliphatic hydroxyl groups is 1. The summed E-state index contributed by atoms with van der Waals surface area (Å²) in [5, 5.41) is 10.6. The topological polar surface area (TPSA) is 20.2 Å². The molecule has 3 aliphatic carbocycles. The van der Waals surface area contributed by atoms with Crippen molar-refractivity contribution < 1.29 is 5.11 Å². The van der Waals surface area contributed by atoms with Crippen molar-refractivity contribution in [1.29, 1.82) is 0 Å². The Balaban J connectivity index is 2.26. The molecule has 4 atom stereocenters. The van der Waals surface area contributed by atoms with Gasteiger partial charge in [0, 0.05) is 5.41 Å². The maximum atomic E-state index is 10.6. The van der Waals surface area contributed by atoms with Crippen molar-refractivity contribution in [3.05, 3.63) is 11.6 Å². The third kappa shape index (κ3) is 0.796. The van der Waals surface area contributed by atoms with Gasteiger partial charge in [-0.25, -0.2) is 0 Å². The lowest BCUT2D eigenvalue weighted by Crippen LogP contribution is -2.46. The van der Waals surface area contributed by atoms with Crippen molar-refractivity contribution in [2.45, 2.75) is 59.5 Å². The van der Waals surface area contributed by atoms with E-state index < -0.39 is 0 Å². The van der Waals surface area contributed by atoms with Crippen LogP contribution < -0.4 is 0 Å². The third-order valence-electron chi connectivity index (χ3n) is 6.41. The molecule has 0 amide bonds. The maximum Gasteiger partial charge on any atom is 0.0641 e. The number of allylic oxidation sites excluding steroid dienone is 1. The molecule has 0 radical (unpaired) electrons. The van der Waals surface area contributed by atoms with E-state index in [0.717, 1.165) is 6.42 Å². The molecule has 1 N–H and O–H groups in total. The van der Waals surface area contributed by atoms with Crippen LogP contribution >= 0.6 is 0 Å². The highest BCUT2D eigenvalue weighted by Crippen LogP contribution is 2.77.